The average Bonchev–Trinajstić information content (AvgIpc) is 3.45. The lowest BCUT2D eigenvalue weighted by Crippen LogP contribution is -2.48. The lowest BCUT2D eigenvalue weighted by molar-refractivity contribution is -0.145. The van der Waals surface area contributed by atoms with E-state index in [-0.39, 0.29) is 38.1 Å². The largest absolute Gasteiger partial charge is 0.355 e. The van der Waals surface area contributed by atoms with E-state index < -0.39 is 0 Å². The minimum Gasteiger partial charge on any atom is -0.355 e. The van der Waals surface area contributed by atoms with Gasteiger partial charge in [0.15, 0.2) is 0 Å². The van der Waals surface area contributed by atoms with Gasteiger partial charge in [-0.25, -0.2) is 9.40 Å². The Labute approximate surface area is 231 Å². The molecule has 2 amide bonds. The van der Waals surface area contributed by atoms with Crippen molar-refractivity contribution in [2.75, 3.05) is 31.6 Å². The van der Waals surface area contributed by atoms with Crippen LogP contribution in [-0.4, -0.2) is 58.3 Å². The molecule has 0 saturated carbocycles. The van der Waals surface area contributed by atoms with Gasteiger partial charge in [0.2, 0.25) is 5.91 Å². The molecule has 1 N–H and O–H groups in total. The van der Waals surface area contributed by atoms with Crippen LogP contribution in [0.1, 0.15) is 62.9 Å². The summed E-state index contributed by atoms with van der Waals surface area (Å²) in [7, 11) is 1.74. The zero-order valence-corrected chi connectivity index (χ0v) is 23.2. The second-order valence-corrected chi connectivity index (χ2v) is 10.1. The number of halogens is 1. The Morgan fingerprint density at radius 1 is 1.05 bits per heavy atom. The molecule has 2 heterocycles. The number of carbonyl (C=O) groups is 2. The van der Waals surface area contributed by atoms with E-state index in [4.69, 9.17) is 0 Å². The summed E-state index contributed by atoms with van der Waals surface area (Å²) in [5, 5.41) is 12.2. The van der Waals surface area contributed by atoms with Crippen molar-refractivity contribution >= 4 is 28.4 Å². The zero-order chi connectivity index (χ0) is 27.4. The van der Waals surface area contributed by atoms with Gasteiger partial charge < -0.3 is 10.2 Å². The maximum atomic E-state index is 13.7. The van der Waals surface area contributed by atoms with Gasteiger partial charge in [-0.05, 0) is 68.1 Å². The van der Waals surface area contributed by atoms with Crippen LogP contribution in [0.5, 0.6) is 0 Å². The molecular weight excluding hydrogens is 495 g/mol. The van der Waals surface area contributed by atoms with E-state index in [1.807, 2.05) is 41.4 Å². The monoisotopic (exact) mass is 538 g/mol. The van der Waals surface area contributed by atoms with Gasteiger partial charge >= 0.3 is 0 Å². The molecule has 0 spiro atoms. The molecule has 0 fully saturated rings. The Balaban J connectivity index is 0.00000420. The number of carbonyl (C=O) groups excluding carboxylic acids is 2. The summed E-state index contributed by atoms with van der Waals surface area (Å²) in [6, 6.07) is 8.88. The minimum absolute atomic E-state index is 0. The SMILES string of the molecule is C.CCCCCNC(=O)CN(CC(=O)N(C)N1Cc2ccc(F)cc2C1)c1cc2c(cc1C)c(C)nn2CC. The second kappa shape index (κ2) is 13.1. The highest BCUT2D eigenvalue weighted by atomic mass is 19.1. The van der Waals surface area contributed by atoms with Crippen molar-refractivity contribution in [3.05, 3.63) is 58.5 Å². The Bertz CT molecular complexity index is 1320. The summed E-state index contributed by atoms with van der Waals surface area (Å²) in [6.45, 7) is 10.6. The Morgan fingerprint density at radius 3 is 2.51 bits per heavy atom. The second-order valence-electron chi connectivity index (χ2n) is 10.1. The van der Waals surface area contributed by atoms with Gasteiger partial charge in [-0.2, -0.15) is 5.10 Å². The van der Waals surface area contributed by atoms with E-state index in [2.05, 4.69) is 23.4 Å². The summed E-state index contributed by atoms with van der Waals surface area (Å²) < 4.78 is 15.7. The molecule has 39 heavy (non-hydrogen) atoms. The smallest absolute Gasteiger partial charge is 0.256 e. The molecule has 3 aromatic rings. The summed E-state index contributed by atoms with van der Waals surface area (Å²) >= 11 is 0. The van der Waals surface area contributed by atoms with Gasteiger partial charge in [0.1, 0.15) is 5.82 Å². The zero-order valence-electron chi connectivity index (χ0n) is 23.2. The third-order valence-corrected chi connectivity index (χ3v) is 7.32. The Hall–Kier alpha value is -3.46. The predicted octanol–water partition coefficient (Wildman–Crippen LogP) is 4.95. The number of aromatic nitrogens is 2. The van der Waals surface area contributed by atoms with Gasteiger partial charge in [-0.3, -0.25) is 19.3 Å². The van der Waals surface area contributed by atoms with Crippen LogP contribution in [-0.2, 0) is 29.2 Å². The number of hydrazine groups is 1. The first-order chi connectivity index (χ1) is 18.2. The van der Waals surface area contributed by atoms with E-state index in [1.165, 1.54) is 12.1 Å². The molecule has 212 valence electrons. The van der Waals surface area contributed by atoms with Crippen molar-refractivity contribution in [3.8, 4) is 0 Å². The van der Waals surface area contributed by atoms with E-state index >= 15 is 0 Å². The topological polar surface area (TPSA) is 73.7 Å². The van der Waals surface area contributed by atoms with Crippen LogP contribution in [0.25, 0.3) is 10.9 Å². The highest BCUT2D eigenvalue weighted by Crippen LogP contribution is 2.29. The maximum Gasteiger partial charge on any atom is 0.256 e. The fourth-order valence-corrected chi connectivity index (χ4v) is 5.10. The fraction of sp³-hybridized carbons (Fsp3) is 0.500. The quantitative estimate of drug-likeness (QED) is 0.350. The predicted molar refractivity (Wildman–Crippen MR) is 155 cm³/mol. The molecule has 0 unspecified atom stereocenters. The number of aryl methyl sites for hydroxylation is 3. The first-order valence-corrected chi connectivity index (χ1v) is 13.5. The Kier molecular flexibility index (Phi) is 10.1. The fourth-order valence-electron chi connectivity index (χ4n) is 5.10. The standard InChI is InChI=1S/C29H39FN6O2.CH4/c1-6-8-9-12-31-28(37)18-34(26-15-27-25(13-20(26)3)21(4)32-36(27)7-2)19-29(38)33(5)35-16-22-10-11-24(30)14-23(22)17-35;/h10-11,13-15H,6-9,12,16-19H2,1-5H3,(H,31,37);1H4. The number of unbranched alkanes of at least 4 members (excludes halogenated alkanes) is 2. The van der Waals surface area contributed by atoms with Gasteiger partial charge in [-0.1, -0.05) is 33.3 Å². The lowest BCUT2D eigenvalue weighted by atomic mass is 10.1. The highest BCUT2D eigenvalue weighted by Gasteiger charge is 2.28. The first-order valence-electron chi connectivity index (χ1n) is 13.5. The number of hydrogen-bond acceptors (Lipinski definition) is 5. The molecule has 0 radical (unpaired) electrons. The third kappa shape index (κ3) is 6.76. The molecule has 0 atom stereocenters. The number of anilines is 1. The van der Waals surface area contributed by atoms with Gasteiger partial charge in [-0.15, -0.1) is 0 Å². The van der Waals surface area contributed by atoms with Crippen molar-refractivity contribution in [1.82, 2.24) is 25.1 Å². The van der Waals surface area contributed by atoms with E-state index in [1.54, 1.807) is 18.1 Å². The van der Waals surface area contributed by atoms with Crippen LogP contribution >= 0.6 is 0 Å². The minimum atomic E-state index is -0.275. The summed E-state index contributed by atoms with van der Waals surface area (Å²) in [6.07, 6.45) is 3.07. The number of likely N-dealkylation sites (N-methyl/N-ethyl adjacent to an activating group) is 1. The van der Waals surface area contributed by atoms with Crippen LogP contribution in [0.4, 0.5) is 10.1 Å². The number of benzene rings is 2. The van der Waals surface area contributed by atoms with Crippen LogP contribution in [0.15, 0.2) is 30.3 Å². The molecule has 8 nitrogen and oxygen atoms in total. The number of nitrogens with zero attached hydrogens (tertiary/aromatic N) is 5. The van der Waals surface area contributed by atoms with Gasteiger partial charge in [0.05, 0.1) is 24.3 Å². The van der Waals surface area contributed by atoms with Gasteiger partial charge in [0, 0.05) is 44.3 Å². The molecule has 0 saturated heterocycles. The van der Waals surface area contributed by atoms with Crippen LogP contribution < -0.4 is 10.2 Å². The lowest BCUT2D eigenvalue weighted by Gasteiger charge is -2.32. The highest BCUT2D eigenvalue weighted by molar-refractivity contribution is 5.91. The molecule has 4 rings (SSSR count). The Morgan fingerprint density at radius 2 is 1.79 bits per heavy atom. The first kappa shape index (κ1) is 30.1. The molecule has 1 aromatic heterocycles. The average molecular weight is 539 g/mol. The molecule has 0 bridgehead atoms. The normalized spacial score (nSPS) is 12.8. The number of fused-ring (bicyclic) bond motifs is 2. The van der Waals surface area contributed by atoms with Crippen molar-refractivity contribution in [3.63, 3.8) is 0 Å². The molecule has 2 aromatic carbocycles. The van der Waals surface area contributed by atoms with Crippen molar-refractivity contribution in [2.24, 2.45) is 0 Å². The number of hydrogen-bond donors (Lipinski definition) is 1. The van der Waals surface area contributed by atoms with Gasteiger partial charge in [0.25, 0.3) is 5.91 Å². The summed E-state index contributed by atoms with van der Waals surface area (Å²) in [4.78, 5) is 28.3. The number of amides is 2. The number of nitrogens with one attached hydrogen (secondary N) is 1. The van der Waals surface area contributed by atoms with E-state index in [0.29, 0.717) is 19.6 Å². The molecule has 9 heteroatoms. The van der Waals surface area contributed by atoms with Crippen LogP contribution in [0.2, 0.25) is 0 Å². The van der Waals surface area contributed by atoms with Crippen LogP contribution in [0.3, 0.4) is 0 Å². The molecular formula is C30H43FN6O2. The maximum absolute atomic E-state index is 13.7. The third-order valence-electron chi connectivity index (χ3n) is 7.32. The van der Waals surface area contributed by atoms with Crippen LogP contribution in [0, 0.1) is 19.7 Å². The van der Waals surface area contributed by atoms with E-state index in [9.17, 15) is 14.0 Å². The van der Waals surface area contributed by atoms with E-state index in [0.717, 1.165) is 64.8 Å². The molecule has 1 aliphatic heterocycles. The summed E-state index contributed by atoms with van der Waals surface area (Å²) in [5.41, 5.74) is 5.66. The van der Waals surface area contributed by atoms with Crippen molar-refractivity contribution in [1.29, 1.82) is 0 Å². The van der Waals surface area contributed by atoms with Crippen molar-refractivity contribution < 1.29 is 14.0 Å². The summed E-state index contributed by atoms with van der Waals surface area (Å²) in [5.74, 6) is -0.528. The number of rotatable bonds is 11. The van der Waals surface area contributed by atoms with Crippen molar-refractivity contribution in [2.45, 2.75) is 74.0 Å². The molecule has 0 aliphatic carbocycles. The molecule has 1 aliphatic rings.